The van der Waals surface area contributed by atoms with Crippen molar-refractivity contribution in [2.45, 2.75) is 13.0 Å². The summed E-state index contributed by atoms with van der Waals surface area (Å²) in [6.45, 7) is -0.139. The van der Waals surface area contributed by atoms with Crippen LogP contribution in [0.3, 0.4) is 0 Å². The molecule has 0 bridgehead atoms. The highest BCUT2D eigenvalue weighted by Gasteiger charge is 2.23. The molecule has 8 nitrogen and oxygen atoms in total. The van der Waals surface area contributed by atoms with Gasteiger partial charge >= 0.3 is 5.97 Å². The van der Waals surface area contributed by atoms with Crippen LogP contribution in [0.15, 0.2) is 54.2 Å². The van der Waals surface area contributed by atoms with Gasteiger partial charge in [-0.05, 0) is 35.7 Å². The van der Waals surface area contributed by atoms with Crippen molar-refractivity contribution in [2.24, 2.45) is 0 Å². The topological polar surface area (TPSA) is 86.6 Å². The fourth-order valence-electron chi connectivity index (χ4n) is 3.20. The molecule has 32 heavy (non-hydrogen) atoms. The van der Waals surface area contributed by atoms with Crippen LogP contribution < -0.4 is 0 Å². The molecule has 0 spiro atoms. The zero-order valence-corrected chi connectivity index (χ0v) is 18.9. The van der Waals surface area contributed by atoms with E-state index in [1.54, 1.807) is 29.1 Å². The first-order valence-corrected chi connectivity index (χ1v) is 10.9. The van der Waals surface area contributed by atoms with Crippen LogP contribution in [0.25, 0.3) is 16.6 Å². The number of halogens is 1. The van der Waals surface area contributed by atoms with Crippen LogP contribution in [0.4, 0.5) is 0 Å². The number of hydroxylamine groups is 2. The first-order chi connectivity index (χ1) is 15.5. The van der Waals surface area contributed by atoms with Gasteiger partial charge in [0.2, 0.25) is 0 Å². The van der Waals surface area contributed by atoms with E-state index < -0.39 is 11.9 Å². The van der Waals surface area contributed by atoms with Gasteiger partial charge in [0, 0.05) is 28.5 Å². The van der Waals surface area contributed by atoms with Crippen molar-refractivity contribution >= 4 is 45.7 Å². The lowest BCUT2D eigenvalue weighted by Gasteiger charge is -2.15. The zero-order chi connectivity index (χ0) is 22.7. The molecule has 3 heterocycles. The van der Waals surface area contributed by atoms with Crippen molar-refractivity contribution in [1.29, 1.82) is 0 Å². The van der Waals surface area contributed by atoms with Crippen LogP contribution in [-0.4, -0.2) is 45.9 Å². The summed E-state index contributed by atoms with van der Waals surface area (Å²) in [5, 5.41) is 8.74. The molecule has 0 N–H and O–H groups in total. The van der Waals surface area contributed by atoms with E-state index in [-0.39, 0.29) is 18.6 Å². The number of esters is 1. The predicted molar refractivity (Wildman–Crippen MR) is 121 cm³/mol. The van der Waals surface area contributed by atoms with Crippen LogP contribution in [0.5, 0.6) is 0 Å². The highest BCUT2D eigenvalue weighted by Crippen LogP contribution is 2.26. The first kappa shape index (κ1) is 21.9. The highest BCUT2D eigenvalue weighted by molar-refractivity contribution is 7.10. The van der Waals surface area contributed by atoms with Crippen molar-refractivity contribution in [3.05, 3.63) is 75.3 Å². The number of ether oxygens (including phenoxy) is 1. The Morgan fingerprint density at radius 1 is 1.25 bits per heavy atom. The molecule has 0 fully saturated rings. The molecule has 0 saturated carbocycles. The number of hydrogen-bond acceptors (Lipinski definition) is 7. The quantitative estimate of drug-likeness (QED) is 0.299. The summed E-state index contributed by atoms with van der Waals surface area (Å²) in [6.07, 6.45) is 3.22. The predicted octanol–water partition coefficient (Wildman–Crippen LogP) is 4.05. The summed E-state index contributed by atoms with van der Waals surface area (Å²) in [5.74, 6) is -0.811. The normalized spacial score (nSPS) is 11.0. The Labute approximate surface area is 192 Å². The van der Waals surface area contributed by atoms with Gasteiger partial charge in [0.15, 0.2) is 0 Å². The molecule has 4 aromatic rings. The second kappa shape index (κ2) is 9.47. The fourth-order valence-corrected chi connectivity index (χ4v) is 4.05. The van der Waals surface area contributed by atoms with E-state index in [9.17, 15) is 9.59 Å². The Morgan fingerprint density at radius 2 is 2.09 bits per heavy atom. The molecular formula is C22H19ClN4O4S. The molecule has 1 amide bonds. The smallest absolute Gasteiger partial charge is 0.311 e. The number of carbonyl (C=O) groups excluding carboxylic acids is 2. The molecule has 0 aliphatic carbocycles. The minimum absolute atomic E-state index is 0.139. The maximum Gasteiger partial charge on any atom is 0.311 e. The summed E-state index contributed by atoms with van der Waals surface area (Å²) in [4.78, 5) is 35.5. The van der Waals surface area contributed by atoms with Gasteiger partial charge in [-0.25, -0.2) is 9.75 Å². The lowest BCUT2D eigenvalue weighted by molar-refractivity contribution is -0.144. The van der Waals surface area contributed by atoms with E-state index in [2.05, 4.69) is 10.1 Å². The van der Waals surface area contributed by atoms with Crippen LogP contribution in [-0.2, 0) is 27.4 Å². The Bertz CT molecular complexity index is 1270. The maximum absolute atomic E-state index is 12.8. The second-order valence-corrected chi connectivity index (χ2v) is 8.28. The molecule has 0 radical (unpaired) electrons. The Hall–Kier alpha value is -3.27. The van der Waals surface area contributed by atoms with Gasteiger partial charge in [-0.15, -0.1) is 11.3 Å². The van der Waals surface area contributed by atoms with Gasteiger partial charge in [0.25, 0.3) is 5.91 Å². The summed E-state index contributed by atoms with van der Waals surface area (Å²) in [5.41, 5.74) is 2.03. The third-order valence-corrected chi connectivity index (χ3v) is 5.95. The molecule has 10 heteroatoms. The average Bonchev–Trinajstić information content (AvgIpc) is 3.45. The van der Waals surface area contributed by atoms with Crippen LogP contribution in [0, 0.1) is 0 Å². The van der Waals surface area contributed by atoms with Crippen LogP contribution in [0.1, 0.15) is 20.9 Å². The Balaban J connectivity index is 1.72. The monoisotopic (exact) mass is 470 g/mol. The summed E-state index contributed by atoms with van der Waals surface area (Å²) < 4.78 is 7.09. The molecule has 1 aromatic carbocycles. The Morgan fingerprint density at radius 3 is 2.84 bits per heavy atom. The number of hydrogen-bond donors (Lipinski definition) is 0. The zero-order valence-electron chi connectivity index (χ0n) is 17.3. The largest absolute Gasteiger partial charge is 0.459 e. The number of thiophene rings is 1. The number of benzene rings is 1. The molecule has 0 saturated heterocycles. The lowest BCUT2D eigenvalue weighted by Crippen LogP contribution is -2.26. The van der Waals surface area contributed by atoms with Crippen LogP contribution in [0.2, 0.25) is 5.02 Å². The van der Waals surface area contributed by atoms with Gasteiger partial charge in [0.05, 0.1) is 42.2 Å². The molecule has 4 rings (SSSR count). The average molecular weight is 471 g/mol. The fraction of sp³-hybridized carbons (Fsp3) is 0.182. The maximum atomic E-state index is 12.8. The molecule has 0 aliphatic heterocycles. The van der Waals surface area contributed by atoms with E-state index >= 15 is 0 Å². The molecule has 0 unspecified atom stereocenters. The number of nitrogens with zero attached hydrogens (tertiary/aromatic N) is 4. The van der Waals surface area contributed by atoms with Gasteiger partial charge in [-0.1, -0.05) is 17.7 Å². The van der Waals surface area contributed by atoms with Crippen molar-refractivity contribution in [3.63, 3.8) is 0 Å². The first-order valence-electron chi connectivity index (χ1n) is 9.59. The van der Waals surface area contributed by atoms with Crippen molar-refractivity contribution in [2.75, 3.05) is 14.2 Å². The van der Waals surface area contributed by atoms with Gasteiger partial charge in [-0.2, -0.15) is 5.10 Å². The molecule has 3 aromatic heterocycles. The van der Waals surface area contributed by atoms with Gasteiger partial charge in [-0.3, -0.25) is 19.4 Å². The second-order valence-electron chi connectivity index (χ2n) is 6.81. The molecule has 0 atom stereocenters. The molecule has 164 valence electrons. The third kappa shape index (κ3) is 4.50. The number of rotatable bonds is 7. The van der Waals surface area contributed by atoms with E-state index in [1.165, 1.54) is 31.7 Å². The van der Waals surface area contributed by atoms with Gasteiger partial charge < -0.3 is 4.74 Å². The van der Waals surface area contributed by atoms with Crippen molar-refractivity contribution in [1.82, 2.24) is 19.8 Å². The summed E-state index contributed by atoms with van der Waals surface area (Å²) >= 11 is 7.58. The molecule has 0 aliphatic rings. The van der Waals surface area contributed by atoms with E-state index in [0.29, 0.717) is 21.9 Å². The van der Waals surface area contributed by atoms with E-state index in [1.807, 2.05) is 23.6 Å². The Kier molecular flexibility index (Phi) is 6.50. The lowest BCUT2D eigenvalue weighted by atomic mass is 10.1. The summed E-state index contributed by atoms with van der Waals surface area (Å²) in [6, 6.07) is 10.8. The minimum atomic E-state index is -0.413. The number of pyridine rings is 1. The number of amides is 1. The minimum Gasteiger partial charge on any atom is -0.459 e. The van der Waals surface area contributed by atoms with Crippen molar-refractivity contribution < 1.29 is 19.2 Å². The van der Waals surface area contributed by atoms with Crippen molar-refractivity contribution in [3.8, 4) is 5.69 Å². The standard InChI is InChI=1S/C22H19ClN4O4S/c1-26(30-2)22(29)17-12-25-27(19-7-8-24-18-10-14(23)5-6-16(18)19)20(17)13-31-21(28)11-15-4-3-9-32-15/h3-10,12H,11,13H2,1-2H3. The highest BCUT2D eigenvalue weighted by atomic mass is 35.5. The number of aromatic nitrogens is 3. The van der Waals surface area contributed by atoms with E-state index in [4.69, 9.17) is 21.2 Å². The summed E-state index contributed by atoms with van der Waals surface area (Å²) in [7, 11) is 2.89. The van der Waals surface area contributed by atoms with Gasteiger partial charge in [0.1, 0.15) is 6.61 Å². The van der Waals surface area contributed by atoms with E-state index in [0.717, 1.165) is 15.3 Å². The molecular weight excluding hydrogens is 452 g/mol. The number of carbonyl (C=O) groups is 2. The number of fused-ring (bicyclic) bond motifs is 1. The third-order valence-electron chi connectivity index (χ3n) is 4.84. The SMILES string of the molecule is CON(C)C(=O)c1cnn(-c2ccnc3cc(Cl)ccc23)c1COC(=O)Cc1cccs1. The van der Waals surface area contributed by atoms with Crippen LogP contribution >= 0.6 is 22.9 Å².